The van der Waals surface area contributed by atoms with Crippen LogP contribution in [0.4, 0.5) is 10.1 Å². The number of furan rings is 1. The summed E-state index contributed by atoms with van der Waals surface area (Å²) < 4.78 is 25.1. The number of aliphatic hydroxyl groups excluding tert-OH is 1. The highest BCUT2D eigenvalue weighted by Crippen LogP contribution is 2.42. The van der Waals surface area contributed by atoms with Gasteiger partial charge in [0.2, 0.25) is 5.78 Å². The summed E-state index contributed by atoms with van der Waals surface area (Å²) in [4.78, 5) is 27.9. The van der Waals surface area contributed by atoms with Crippen LogP contribution >= 0.6 is 0 Å². The largest absolute Gasteiger partial charge is 0.503 e. The summed E-state index contributed by atoms with van der Waals surface area (Å²) in [5.41, 5.74) is 1.03. The predicted octanol–water partition coefficient (Wildman–Crippen LogP) is 5.36. The van der Waals surface area contributed by atoms with E-state index < -0.39 is 29.3 Å². The van der Waals surface area contributed by atoms with Crippen molar-refractivity contribution in [1.29, 1.82) is 0 Å². The van der Waals surface area contributed by atoms with Crippen LogP contribution in [0.2, 0.25) is 0 Å². The van der Waals surface area contributed by atoms with E-state index in [1.54, 1.807) is 54.6 Å². The second-order valence-corrected chi connectivity index (χ2v) is 7.55. The number of carbonyl (C=O) groups is 2. The van der Waals surface area contributed by atoms with Crippen LogP contribution in [-0.4, -0.2) is 23.9 Å². The van der Waals surface area contributed by atoms with Gasteiger partial charge in [-0.15, -0.1) is 0 Å². The summed E-state index contributed by atoms with van der Waals surface area (Å²) in [6.07, 6.45) is 0. The van der Waals surface area contributed by atoms with Crippen molar-refractivity contribution in [3.8, 4) is 5.75 Å². The first-order chi connectivity index (χ1) is 16.0. The van der Waals surface area contributed by atoms with Gasteiger partial charge in [-0.2, -0.15) is 0 Å². The molecule has 164 valence electrons. The van der Waals surface area contributed by atoms with Crippen molar-refractivity contribution < 1.29 is 28.2 Å². The number of carbonyl (C=O) groups excluding carboxylic acids is 2. The first-order valence-corrected chi connectivity index (χ1v) is 10.2. The number of Topliss-reactive ketones (excluding diaryl/α,β-unsaturated/α-hetero) is 1. The number of nitrogens with zero attached hydrogens (tertiary/aromatic N) is 1. The number of anilines is 1. The van der Waals surface area contributed by atoms with Crippen LogP contribution in [0.25, 0.3) is 11.0 Å². The minimum atomic E-state index is -0.969. The second kappa shape index (κ2) is 7.94. The van der Waals surface area contributed by atoms with Crippen LogP contribution < -0.4 is 9.64 Å². The lowest BCUT2D eigenvalue weighted by molar-refractivity contribution is -0.117. The van der Waals surface area contributed by atoms with Crippen molar-refractivity contribution in [2.75, 3.05) is 12.0 Å². The van der Waals surface area contributed by atoms with E-state index in [0.717, 1.165) is 0 Å². The number of amides is 1. The molecule has 7 heteroatoms. The maximum Gasteiger partial charge on any atom is 0.294 e. The number of benzene rings is 3. The molecule has 1 aromatic heterocycles. The smallest absolute Gasteiger partial charge is 0.294 e. The Labute approximate surface area is 188 Å². The fraction of sp³-hybridized carbons (Fsp3) is 0.0769. The normalized spacial score (nSPS) is 16.0. The number of ketones is 1. The summed E-state index contributed by atoms with van der Waals surface area (Å²) >= 11 is 0. The number of fused-ring (bicyclic) bond motifs is 1. The number of rotatable bonds is 5. The van der Waals surface area contributed by atoms with Crippen LogP contribution in [0.3, 0.4) is 0 Å². The van der Waals surface area contributed by atoms with E-state index in [2.05, 4.69) is 0 Å². The molecule has 6 nitrogen and oxygen atoms in total. The predicted molar refractivity (Wildman–Crippen MR) is 120 cm³/mol. The molecule has 5 rings (SSSR count). The molecule has 0 spiro atoms. The molecule has 1 amide bonds. The van der Waals surface area contributed by atoms with Gasteiger partial charge < -0.3 is 14.3 Å². The minimum absolute atomic E-state index is 0.0501. The minimum Gasteiger partial charge on any atom is -0.503 e. The Morgan fingerprint density at radius 2 is 1.79 bits per heavy atom. The lowest BCUT2D eigenvalue weighted by Gasteiger charge is -2.26. The SMILES string of the molecule is COc1cccc2cc(C(=O)C3=C(O)C(=O)N(c4cccc(F)c4)C3c3ccccc3)oc12. The summed E-state index contributed by atoms with van der Waals surface area (Å²) in [5, 5.41) is 11.4. The molecule has 1 unspecified atom stereocenters. The van der Waals surface area contributed by atoms with Crippen molar-refractivity contribution in [2.24, 2.45) is 0 Å². The average Bonchev–Trinajstić information content (AvgIpc) is 3.38. The summed E-state index contributed by atoms with van der Waals surface area (Å²) in [6, 6.07) is 20.0. The number of hydrogen-bond donors (Lipinski definition) is 1. The number of methoxy groups -OCH3 is 1. The molecule has 0 bridgehead atoms. The number of aliphatic hydroxyl groups is 1. The highest BCUT2D eigenvalue weighted by molar-refractivity contribution is 6.20. The zero-order chi connectivity index (χ0) is 23.1. The van der Waals surface area contributed by atoms with Crippen LogP contribution in [0.5, 0.6) is 5.75 Å². The van der Waals surface area contributed by atoms with E-state index in [9.17, 15) is 19.1 Å². The molecule has 1 aliphatic heterocycles. The summed E-state index contributed by atoms with van der Waals surface area (Å²) in [6.45, 7) is 0. The van der Waals surface area contributed by atoms with Crippen molar-refractivity contribution in [2.45, 2.75) is 6.04 Å². The van der Waals surface area contributed by atoms with Gasteiger partial charge >= 0.3 is 0 Å². The molecule has 0 radical (unpaired) electrons. The third-order valence-electron chi connectivity index (χ3n) is 5.61. The van der Waals surface area contributed by atoms with Gasteiger partial charge in [-0.05, 0) is 35.9 Å². The Bertz CT molecular complexity index is 1420. The van der Waals surface area contributed by atoms with Crippen molar-refractivity contribution in [3.05, 3.63) is 107 Å². The Kier molecular flexibility index (Phi) is 4.94. The van der Waals surface area contributed by atoms with Gasteiger partial charge in [0, 0.05) is 11.1 Å². The van der Waals surface area contributed by atoms with Crippen LogP contribution in [0.1, 0.15) is 22.2 Å². The molecule has 33 heavy (non-hydrogen) atoms. The van der Waals surface area contributed by atoms with E-state index in [1.807, 2.05) is 0 Å². The molecule has 1 N–H and O–H groups in total. The van der Waals surface area contributed by atoms with Crippen LogP contribution in [0.15, 0.2) is 94.6 Å². The standard InChI is InChI=1S/C26H18FNO5/c1-32-19-12-5-9-16-13-20(33-25(16)19)23(29)21-22(15-7-3-2-4-8-15)28(26(31)24(21)30)18-11-6-10-17(27)14-18/h2-14,22,30H,1H3. The van der Waals surface area contributed by atoms with Crippen LogP contribution in [0, 0.1) is 5.82 Å². The van der Waals surface area contributed by atoms with Crippen molar-refractivity contribution in [3.63, 3.8) is 0 Å². The van der Waals surface area contributed by atoms with Crippen molar-refractivity contribution in [1.82, 2.24) is 0 Å². The molecule has 0 aliphatic carbocycles. The quantitative estimate of drug-likeness (QED) is 0.420. The molecular formula is C26H18FNO5. The molecule has 3 aromatic carbocycles. The van der Waals surface area contributed by atoms with E-state index in [0.29, 0.717) is 22.3 Å². The fourth-order valence-electron chi connectivity index (χ4n) is 4.12. The van der Waals surface area contributed by atoms with Gasteiger partial charge in [0.05, 0.1) is 18.7 Å². The fourth-order valence-corrected chi connectivity index (χ4v) is 4.12. The highest BCUT2D eigenvalue weighted by Gasteiger charge is 2.45. The summed E-state index contributed by atoms with van der Waals surface area (Å²) in [5.74, 6) is -2.29. The topological polar surface area (TPSA) is 80.0 Å². The first-order valence-electron chi connectivity index (χ1n) is 10.2. The lowest BCUT2D eigenvalue weighted by Crippen LogP contribution is -2.31. The van der Waals surface area contributed by atoms with Gasteiger partial charge in [0.1, 0.15) is 5.82 Å². The van der Waals surface area contributed by atoms with Gasteiger partial charge in [0.15, 0.2) is 22.9 Å². The second-order valence-electron chi connectivity index (χ2n) is 7.55. The molecule has 0 saturated carbocycles. The zero-order valence-electron chi connectivity index (χ0n) is 17.5. The maximum absolute atomic E-state index is 14.0. The maximum atomic E-state index is 14.0. The van der Waals surface area contributed by atoms with Gasteiger partial charge in [-0.25, -0.2) is 4.39 Å². The highest BCUT2D eigenvalue weighted by atomic mass is 19.1. The number of ether oxygens (including phenoxy) is 1. The van der Waals surface area contributed by atoms with Crippen LogP contribution in [-0.2, 0) is 4.79 Å². The Balaban J connectivity index is 1.66. The third kappa shape index (κ3) is 3.34. The summed E-state index contributed by atoms with van der Waals surface area (Å²) in [7, 11) is 1.49. The zero-order valence-corrected chi connectivity index (χ0v) is 17.5. The molecule has 1 atom stereocenters. The Morgan fingerprint density at radius 1 is 1.03 bits per heavy atom. The first kappa shape index (κ1) is 20.5. The molecule has 2 heterocycles. The lowest BCUT2D eigenvalue weighted by atomic mass is 9.95. The van der Waals surface area contributed by atoms with Gasteiger partial charge in [-0.1, -0.05) is 48.5 Å². The molecule has 1 aliphatic rings. The van der Waals surface area contributed by atoms with E-state index in [4.69, 9.17) is 9.15 Å². The number of halogens is 1. The Hall–Kier alpha value is -4.39. The van der Waals surface area contributed by atoms with E-state index in [-0.39, 0.29) is 17.0 Å². The third-order valence-corrected chi connectivity index (χ3v) is 5.61. The Morgan fingerprint density at radius 3 is 2.52 bits per heavy atom. The van der Waals surface area contributed by atoms with Crippen molar-refractivity contribution >= 4 is 28.3 Å². The number of hydrogen-bond acceptors (Lipinski definition) is 5. The number of para-hydroxylation sites is 1. The average molecular weight is 443 g/mol. The molecule has 0 saturated heterocycles. The van der Waals surface area contributed by atoms with Gasteiger partial charge in [-0.3, -0.25) is 14.5 Å². The van der Waals surface area contributed by atoms with E-state index in [1.165, 1.54) is 36.3 Å². The van der Waals surface area contributed by atoms with Gasteiger partial charge in [0.25, 0.3) is 5.91 Å². The van der Waals surface area contributed by atoms with E-state index >= 15 is 0 Å². The molecule has 0 fully saturated rings. The monoisotopic (exact) mass is 443 g/mol. The molecule has 4 aromatic rings. The molecular weight excluding hydrogens is 425 g/mol.